The van der Waals surface area contributed by atoms with Gasteiger partial charge in [0.05, 0.1) is 44.2 Å². The van der Waals surface area contributed by atoms with Gasteiger partial charge in [-0.1, -0.05) is 204 Å². The van der Waals surface area contributed by atoms with E-state index in [2.05, 4.69) is 165 Å². The Balaban J connectivity index is 1.29. The first-order chi connectivity index (χ1) is 37.5. The SMILES string of the molecule is CC(C)(C)c1cc(-c2cccc3c4c5c6cc(-c7ccccc7C(F)(F)F)ccc6n6c7c(-c8cc(C(C)(C)C)cc(C(C)(C)C)c8)cccc7c(c7c8cc(-c9ccccc9C(F)(F)F)ccc8n(c23)c74)c56)cc(C(C)(C)C)c1. The maximum atomic E-state index is 15.0. The van der Waals surface area contributed by atoms with Gasteiger partial charge in [0.2, 0.25) is 0 Å². The zero-order valence-electron chi connectivity index (χ0n) is 47.2. The van der Waals surface area contributed by atoms with Crippen LogP contribution in [0, 0.1) is 0 Å². The number of rotatable bonds is 4. The topological polar surface area (TPSA) is 8.82 Å². The molecule has 13 rings (SSSR count). The Morgan fingerprint density at radius 3 is 0.912 bits per heavy atom. The van der Waals surface area contributed by atoms with Crippen LogP contribution in [0.3, 0.4) is 0 Å². The molecule has 0 aliphatic carbocycles. The fraction of sp³-hybridized carbons (Fsp3) is 0.250. The average Bonchev–Trinajstić information content (AvgIpc) is 3.76. The number of hydrogen-bond acceptors (Lipinski definition) is 0. The van der Waals surface area contributed by atoms with Crippen molar-refractivity contribution in [3.05, 3.63) is 191 Å². The molecule has 9 aromatic carbocycles. The number of nitrogens with zero attached hydrogens (tertiary/aromatic N) is 2. The van der Waals surface area contributed by atoms with Crippen LogP contribution in [0.2, 0.25) is 0 Å². The predicted molar refractivity (Wildman–Crippen MR) is 322 cm³/mol. The van der Waals surface area contributed by atoms with Crippen LogP contribution in [-0.2, 0) is 34.0 Å². The molecule has 0 unspecified atom stereocenters. The van der Waals surface area contributed by atoms with Gasteiger partial charge in [-0.2, -0.15) is 26.3 Å². The van der Waals surface area contributed by atoms with E-state index >= 15 is 26.3 Å². The van der Waals surface area contributed by atoms with Crippen molar-refractivity contribution >= 4 is 76.2 Å². The van der Waals surface area contributed by atoms with Crippen LogP contribution >= 0.6 is 0 Å². The summed E-state index contributed by atoms with van der Waals surface area (Å²) in [5, 5.41) is 7.17. The number of hydrogen-bond donors (Lipinski definition) is 0. The van der Waals surface area contributed by atoms with E-state index in [0.29, 0.717) is 11.1 Å². The van der Waals surface area contributed by atoms with E-state index in [1.807, 2.05) is 36.4 Å². The molecular formula is C72H62F6N2. The van der Waals surface area contributed by atoms with E-state index in [1.165, 1.54) is 34.4 Å². The molecule has 0 amide bonds. The summed E-state index contributed by atoms with van der Waals surface area (Å²) in [6.07, 6.45) is -9.21. The quantitative estimate of drug-likeness (QED) is 0.155. The van der Waals surface area contributed by atoms with E-state index in [-0.39, 0.29) is 32.8 Å². The molecule has 0 N–H and O–H groups in total. The Labute approximate surface area is 462 Å². The number of alkyl halides is 6. The number of fused-ring (bicyclic) bond motifs is 14. The van der Waals surface area contributed by atoms with Crippen molar-refractivity contribution in [1.82, 2.24) is 8.80 Å². The van der Waals surface area contributed by atoms with Crippen molar-refractivity contribution in [3.63, 3.8) is 0 Å². The van der Waals surface area contributed by atoms with Crippen LogP contribution in [0.5, 0.6) is 0 Å². The van der Waals surface area contributed by atoms with Gasteiger partial charge in [0.25, 0.3) is 0 Å². The summed E-state index contributed by atoms with van der Waals surface area (Å²) >= 11 is 0. The summed E-state index contributed by atoms with van der Waals surface area (Å²) in [6, 6.07) is 49.7. The summed E-state index contributed by atoms with van der Waals surface area (Å²) in [7, 11) is 0. The average molecular weight is 1070 g/mol. The Morgan fingerprint density at radius 2 is 0.588 bits per heavy atom. The number of aromatic nitrogens is 2. The summed E-state index contributed by atoms with van der Waals surface area (Å²) < 4.78 is 94.8. The van der Waals surface area contributed by atoms with Gasteiger partial charge < -0.3 is 8.80 Å². The molecule has 4 aromatic heterocycles. The zero-order chi connectivity index (χ0) is 56.7. The fourth-order valence-electron chi connectivity index (χ4n) is 12.8. The number of halogens is 6. The first-order valence-corrected chi connectivity index (χ1v) is 27.6. The summed E-state index contributed by atoms with van der Waals surface area (Å²) in [5.74, 6) is 0. The predicted octanol–water partition coefficient (Wildman–Crippen LogP) is 21.9. The van der Waals surface area contributed by atoms with E-state index < -0.39 is 23.5 Å². The Morgan fingerprint density at radius 1 is 0.275 bits per heavy atom. The van der Waals surface area contributed by atoms with Crippen LogP contribution in [0.25, 0.3) is 121 Å². The van der Waals surface area contributed by atoms with Gasteiger partial charge in [0, 0.05) is 54.2 Å². The molecule has 0 radical (unpaired) electrons. The van der Waals surface area contributed by atoms with E-state index in [4.69, 9.17) is 0 Å². The van der Waals surface area contributed by atoms with Gasteiger partial charge in [-0.3, -0.25) is 0 Å². The second kappa shape index (κ2) is 16.9. The van der Waals surface area contributed by atoms with Crippen LogP contribution in [0.15, 0.2) is 158 Å². The Kier molecular flexibility index (Phi) is 10.9. The molecular weight excluding hydrogens is 1010 g/mol. The molecule has 0 aliphatic rings. The molecule has 4 heterocycles. The van der Waals surface area contributed by atoms with Crippen molar-refractivity contribution in [3.8, 4) is 44.5 Å². The number of benzene rings is 9. The van der Waals surface area contributed by atoms with Gasteiger partial charge in [-0.15, -0.1) is 0 Å². The van der Waals surface area contributed by atoms with Crippen LogP contribution < -0.4 is 0 Å². The molecule has 13 aromatic rings. The standard InChI is InChI=1S/C72H62F6N2/c1-67(2,3)43-31-41(32-44(37-43)68(4,5)6)49-21-17-23-51-59-61-54-36-40(48-20-14-16-26-56(48)72(76,77)78)28-30-58(54)80-64-50(42-33-45(69(7,8)9)38-46(34-42)70(10,11)12)22-18-24-52(64)60(66(61)80)62-53-35-39(27-29-57(53)79(63(49)51)65(59)62)47-19-13-15-25-55(47)71(73,74)75/h13-38H,1-12H3. The van der Waals surface area contributed by atoms with E-state index in [9.17, 15) is 0 Å². The molecule has 0 saturated heterocycles. The Hall–Kier alpha value is -7.84. The van der Waals surface area contributed by atoms with E-state index in [0.717, 1.165) is 111 Å². The minimum atomic E-state index is -4.60. The third-order valence-electron chi connectivity index (χ3n) is 17.0. The molecule has 0 aliphatic heterocycles. The molecule has 402 valence electrons. The van der Waals surface area contributed by atoms with Gasteiger partial charge in [-0.25, -0.2) is 0 Å². The molecule has 0 atom stereocenters. The first kappa shape index (κ1) is 51.6. The zero-order valence-corrected chi connectivity index (χ0v) is 47.2. The molecule has 0 fully saturated rings. The molecule has 2 nitrogen and oxygen atoms in total. The molecule has 0 spiro atoms. The summed E-state index contributed by atoms with van der Waals surface area (Å²) in [5.41, 5.74) is 13.0. The highest BCUT2D eigenvalue weighted by molar-refractivity contribution is 6.46. The van der Waals surface area contributed by atoms with Crippen LogP contribution in [0.4, 0.5) is 26.3 Å². The monoisotopic (exact) mass is 1070 g/mol. The lowest BCUT2D eigenvalue weighted by atomic mass is 9.78. The van der Waals surface area contributed by atoms with E-state index in [1.54, 1.807) is 24.3 Å². The van der Waals surface area contributed by atoms with Crippen LogP contribution in [0.1, 0.15) is 116 Å². The third-order valence-corrected chi connectivity index (χ3v) is 17.0. The van der Waals surface area contributed by atoms with Crippen LogP contribution in [-0.4, -0.2) is 8.80 Å². The second-order valence-electron chi connectivity index (χ2n) is 26.4. The fourth-order valence-corrected chi connectivity index (χ4v) is 12.8. The number of para-hydroxylation sites is 2. The first-order valence-electron chi connectivity index (χ1n) is 27.6. The van der Waals surface area contributed by atoms with Crippen molar-refractivity contribution < 1.29 is 26.3 Å². The van der Waals surface area contributed by atoms with Crippen molar-refractivity contribution in [2.45, 2.75) is 117 Å². The minimum absolute atomic E-state index is 0.0872. The maximum Gasteiger partial charge on any atom is 0.417 e. The normalized spacial score (nSPS) is 13.6. The molecule has 8 heteroatoms. The molecule has 0 saturated carbocycles. The van der Waals surface area contributed by atoms with Gasteiger partial charge in [-0.05, 0) is 114 Å². The lowest BCUT2D eigenvalue weighted by Gasteiger charge is -2.26. The maximum absolute atomic E-state index is 15.0. The third kappa shape index (κ3) is 7.74. The Bertz CT molecular complexity index is 4340. The van der Waals surface area contributed by atoms with Crippen molar-refractivity contribution in [2.24, 2.45) is 0 Å². The largest absolute Gasteiger partial charge is 0.417 e. The minimum Gasteiger partial charge on any atom is -0.307 e. The van der Waals surface area contributed by atoms with Crippen molar-refractivity contribution in [1.29, 1.82) is 0 Å². The highest BCUT2D eigenvalue weighted by atomic mass is 19.4. The van der Waals surface area contributed by atoms with Gasteiger partial charge in [0.1, 0.15) is 0 Å². The summed E-state index contributed by atoms with van der Waals surface area (Å²) in [6.45, 7) is 26.7. The highest BCUT2D eigenvalue weighted by Gasteiger charge is 2.37. The second-order valence-corrected chi connectivity index (χ2v) is 26.4. The highest BCUT2D eigenvalue weighted by Crippen LogP contribution is 2.55. The lowest BCUT2D eigenvalue weighted by Crippen LogP contribution is -2.16. The summed E-state index contributed by atoms with van der Waals surface area (Å²) in [4.78, 5) is 0. The van der Waals surface area contributed by atoms with Gasteiger partial charge in [0.15, 0.2) is 0 Å². The molecule has 80 heavy (non-hydrogen) atoms. The van der Waals surface area contributed by atoms with Crippen molar-refractivity contribution in [2.75, 3.05) is 0 Å². The molecule has 0 bridgehead atoms. The smallest absolute Gasteiger partial charge is 0.307 e. The lowest BCUT2D eigenvalue weighted by molar-refractivity contribution is -0.137. The van der Waals surface area contributed by atoms with Gasteiger partial charge >= 0.3 is 12.4 Å².